The molecule has 0 unspecified atom stereocenters. The van der Waals surface area contributed by atoms with Crippen molar-refractivity contribution in [3.63, 3.8) is 0 Å². The van der Waals surface area contributed by atoms with Crippen molar-refractivity contribution < 1.29 is 19.5 Å². The van der Waals surface area contributed by atoms with Crippen LogP contribution in [-0.4, -0.2) is 29.9 Å². The zero-order valence-corrected chi connectivity index (χ0v) is 11.6. The Bertz CT molecular complexity index is 619. The Morgan fingerprint density at radius 2 is 2.05 bits per heavy atom. The van der Waals surface area contributed by atoms with Crippen LogP contribution >= 0.6 is 0 Å². The zero-order chi connectivity index (χ0) is 15.4. The lowest BCUT2D eigenvalue weighted by molar-refractivity contribution is 0.0520. The lowest BCUT2D eigenvalue weighted by Crippen LogP contribution is -2.10. The Hall–Kier alpha value is -2.51. The van der Waals surface area contributed by atoms with Crippen molar-refractivity contribution in [1.82, 2.24) is 4.98 Å². The number of hydrogen-bond donors (Lipinski definition) is 2. The smallest absolute Gasteiger partial charge is 0.354 e. The molecule has 0 saturated carbocycles. The topological polar surface area (TPSA) is 97.8 Å². The van der Waals surface area contributed by atoms with Crippen molar-refractivity contribution in [1.29, 1.82) is 0 Å². The molecule has 21 heavy (non-hydrogen) atoms. The molecular formula is C14H15N2O5-. The molecule has 0 atom stereocenters. The number of methoxy groups -OCH3 is 1. The SMILES string of the molecule is CCOC(=O)c1cc(-c2ccc(OC)cc2)c(N([O-])O)[nH]1. The predicted molar refractivity (Wildman–Crippen MR) is 76.4 cm³/mol. The summed E-state index contributed by atoms with van der Waals surface area (Å²) in [5.74, 6) is -0.0759. The summed E-state index contributed by atoms with van der Waals surface area (Å²) in [7, 11) is 1.54. The van der Waals surface area contributed by atoms with Gasteiger partial charge in [-0.3, -0.25) is 5.21 Å². The van der Waals surface area contributed by atoms with Crippen LogP contribution in [0.25, 0.3) is 11.1 Å². The molecule has 1 aromatic carbocycles. The van der Waals surface area contributed by atoms with E-state index < -0.39 is 5.97 Å². The van der Waals surface area contributed by atoms with E-state index in [0.717, 1.165) is 0 Å². The van der Waals surface area contributed by atoms with Gasteiger partial charge in [0.15, 0.2) is 0 Å². The second kappa shape index (κ2) is 6.29. The molecule has 0 radical (unpaired) electrons. The van der Waals surface area contributed by atoms with Crippen molar-refractivity contribution >= 4 is 11.8 Å². The normalized spacial score (nSPS) is 10.3. The highest BCUT2D eigenvalue weighted by molar-refractivity contribution is 5.92. The fourth-order valence-corrected chi connectivity index (χ4v) is 1.90. The van der Waals surface area contributed by atoms with Gasteiger partial charge in [0.2, 0.25) is 0 Å². The van der Waals surface area contributed by atoms with Crippen molar-refractivity contribution in [3.05, 3.63) is 41.2 Å². The van der Waals surface area contributed by atoms with E-state index in [9.17, 15) is 10.0 Å². The summed E-state index contributed by atoms with van der Waals surface area (Å²) in [4.78, 5) is 14.2. The Balaban J connectivity index is 2.42. The molecule has 1 heterocycles. The number of H-pyrrole nitrogens is 1. The van der Waals surface area contributed by atoms with Gasteiger partial charge in [0.25, 0.3) is 0 Å². The highest BCUT2D eigenvalue weighted by Crippen LogP contribution is 2.32. The number of hydrogen-bond acceptors (Lipinski definition) is 6. The molecule has 0 aliphatic rings. The molecule has 0 amide bonds. The summed E-state index contributed by atoms with van der Waals surface area (Å²) < 4.78 is 9.91. The van der Waals surface area contributed by atoms with E-state index in [1.165, 1.54) is 6.07 Å². The van der Waals surface area contributed by atoms with Gasteiger partial charge in [-0.25, -0.2) is 4.79 Å². The first-order valence-electron chi connectivity index (χ1n) is 6.27. The summed E-state index contributed by atoms with van der Waals surface area (Å²) in [6, 6.07) is 8.30. The lowest BCUT2D eigenvalue weighted by Gasteiger charge is -2.21. The fraction of sp³-hybridized carbons (Fsp3) is 0.214. The number of aromatic nitrogens is 1. The van der Waals surface area contributed by atoms with E-state index in [2.05, 4.69) is 4.98 Å². The van der Waals surface area contributed by atoms with Gasteiger partial charge >= 0.3 is 5.97 Å². The first-order valence-corrected chi connectivity index (χ1v) is 6.27. The Morgan fingerprint density at radius 1 is 1.38 bits per heavy atom. The van der Waals surface area contributed by atoms with Crippen molar-refractivity contribution in [2.75, 3.05) is 18.9 Å². The van der Waals surface area contributed by atoms with E-state index in [-0.39, 0.29) is 23.3 Å². The second-order valence-corrected chi connectivity index (χ2v) is 4.17. The van der Waals surface area contributed by atoms with Crippen LogP contribution in [0.5, 0.6) is 5.75 Å². The maximum absolute atomic E-state index is 11.7. The van der Waals surface area contributed by atoms with E-state index in [1.54, 1.807) is 38.3 Å². The fourth-order valence-electron chi connectivity index (χ4n) is 1.90. The molecule has 0 spiro atoms. The van der Waals surface area contributed by atoms with Gasteiger partial charge in [-0.15, -0.1) is 0 Å². The molecule has 1 aromatic heterocycles. The molecule has 2 N–H and O–H groups in total. The van der Waals surface area contributed by atoms with Gasteiger partial charge in [-0.2, -0.15) is 0 Å². The number of anilines is 1. The van der Waals surface area contributed by atoms with Gasteiger partial charge in [-0.05, 0) is 30.7 Å². The summed E-state index contributed by atoms with van der Waals surface area (Å²) in [5, 5.41) is 20.1. The van der Waals surface area contributed by atoms with Crippen molar-refractivity contribution in [3.8, 4) is 16.9 Å². The van der Waals surface area contributed by atoms with Gasteiger partial charge in [0.1, 0.15) is 17.3 Å². The third-order valence-electron chi connectivity index (χ3n) is 2.88. The van der Waals surface area contributed by atoms with Gasteiger partial charge in [0.05, 0.1) is 13.7 Å². The van der Waals surface area contributed by atoms with Crippen molar-refractivity contribution in [2.45, 2.75) is 6.92 Å². The third kappa shape index (κ3) is 3.15. The second-order valence-electron chi connectivity index (χ2n) is 4.17. The lowest BCUT2D eigenvalue weighted by atomic mass is 10.1. The Kier molecular flexibility index (Phi) is 4.46. The maximum atomic E-state index is 11.7. The largest absolute Gasteiger partial charge is 0.732 e. The summed E-state index contributed by atoms with van der Waals surface area (Å²) in [6.07, 6.45) is 0. The summed E-state index contributed by atoms with van der Waals surface area (Å²) in [5.41, 5.74) is 1.12. The first-order chi connectivity index (χ1) is 10.1. The van der Waals surface area contributed by atoms with Gasteiger partial charge in [0, 0.05) is 5.56 Å². The van der Waals surface area contributed by atoms with Crippen molar-refractivity contribution in [2.24, 2.45) is 0 Å². The number of aromatic amines is 1. The molecule has 2 rings (SSSR count). The number of nitrogens with zero attached hydrogens (tertiary/aromatic N) is 1. The highest BCUT2D eigenvalue weighted by atomic mass is 16.8. The van der Waals surface area contributed by atoms with Crippen LogP contribution in [0.1, 0.15) is 17.4 Å². The molecule has 0 fully saturated rings. The van der Waals surface area contributed by atoms with Crippen LogP contribution in [0.2, 0.25) is 0 Å². The average molecular weight is 291 g/mol. The van der Waals surface area contributed by atoms with Crippen LogP contribution < -0.4 is 9.96 Å². The monoisotopic (exact) mass is 291 g/mol. The van der Waals surface area contributed by atoms with Crippen LogP contribution in [0.3, 0.4) is 0 Å². The first kappa shape index (κ1) is 14.9. The van der Waals surface area contributed by atoms with Crippen LogP contribution in [-0.2, 0) is 4.74 Å². The van der Waals surface area contributed by atoms with Crippen LogP contribution in [0.15, 0.2) is 30.3 Å². The number of carbonyl (C=O) groups excluding carboxylic acids is 1. The minimum absolute atomic E-state index is 0.0903. The van der Waals surface area contributed by atoms with E-state index in [1.807, 2.05) is 0 Å². The molecule has 0 bridgehead atoms. The summed E-state index contributed by atoms with van der Waals surface area (Å²) >= 11 is 0. The highest BCUT2D eigenvalue weighted by Gasteiger charge is 2.16. The Morgan fingerprint density at radius 3 is 2.57 bits per heavy atom. The number of esters is 1. The minimum Gasteiger partial charge on any atom is -0.732 e. The minimum atomic E-state index is -0.597. The number of benzene rings is 1. The molecule has 7 nitrogen and oxygen atoms in total. The standard InChI is InChI=1S/C14H15N2O5/c1-3-21-14(17)12-8-11(13(15-12)16(18)19)9-4-6-10(20-2)7-5-9/h4-8,15,18H,3H2,1-2H3/q-1. The quantitative estimate of drug-likeness (QED) is 0.649. The number of nitrogens with one attached hydrogen (secondary N) is 1. The predicted octanol–water partition coefficient (Wildman–Crippen LogP) is 2.56. The Labute approximate surface area is 121 Å². The molecule has 0 aliphatic heterocycles. The number of rotatable bonds is 5. The molecule has 112 valence electrons. The average Bonchev–Trinajstić information content (AvgIpc) is 2.93. The number of carbonyl (C=O) groups is 1. The molecule has 7 heteroatoms. The summed E-state index contributed by atoms with van der Waals surface area (Å²) in [6.45, 7) is 1.89. The number of ether oxygens (including phenoxy) is 2. The van der Waals surface area contributed by atoms with E-state index >= 15 is 0 Å². The molecule has 0 aliphatic carbocycles. The molecule has 2 aromatic rings. The van der Waals surface area contributed by atoms with Crippen LogP contribution in [0, 0.1) is 5.21 Å². The van der Waals surface area contributed by atoms with Gasteiger partial charge < -0.3 is 24.9 Å². The van der Waals surface area contributed by atoms with E-state index in [0.29, 0.717) is 16.9 Å². The van der Waals surface area contributed by atoms with Gasteiger partial charge in [-0.1, -0.05) is 12.1 Å². The van der Waals surface area contributed by atoms with Crippen LogP contribution in [0.4, 0.5) is 5.82 Å². The van der Waals surface area contributed by atoms with E-state index in [4.69, 9.17) is 14.7 Å². The zero-order valence-electron chi connectivity index (χ0n) is 11.6. The maximum Gasteiger partial charge on any atom is 0.354 e. The third-order valence-corrected chi connectivity index (χ3v) is 2.88. The molecule has 0 saturated heterocycles. The molecular weight excluding hydrogens is 276 g/mol.